The molecule has 7 N–H and O–H groups in total. The fourth-order valence-corrected chi connectivity index (χ4v) is 8.46. The Morgan fingerprint density at radius 3 is 1.09 bits per heavy atom. The third kappa shape index (κ3) is 27.8. The van der Waals surface area contributed by atoms with E-state index >= 15 is 0 Å². The Balaban J connectivity index is 1.52. The van der Waals surface area contributed by atoms with Crippen LogP contribution in [0, 0.1) is 5.41 Å². The van der Waals surface area contributed by atoms with Crippen molar-refractivity contribution in [3.05, 3.63) is 70.8 Å². The lowest BCUT2D eigenvalue weighted by molar-refractivity contribution is 0.0457. The van der Waals surface area contributed by atoms with Crippen LogP contribution in [0.25, 0.3) is 0 Å². The summed E-state index contributed by atoms with van der Waals surface area (Å²) in [7, 11) is 6.97. The maximum absolute atomic E-state index is 12.8. The molecule has 0 bridgehead atoms. The van der Waals surface area contributed by atoms with Crippen LogP contribution in [0.1, 0.15) is 155 Å². The Bertz CT molecular complexity index is 1890. The molecule has 0 saturated heterocycles. The van der Waals surface area contributed by atoms with Gasteiger partial charge >= 0.3 is 24.4 Å². The van der Waals surface area contributed by atoms with Crippen molar-refractivity contribution in [3.8, 4) is 0 Å². The highest BCUT2D eigenvalue weighted by Gasteiger charge is 2.31. The quantitative estimate of drug-likeness (QED) is 0.0189. The number of unbranched alkanes of at least 4 members (excludes halogenated alkanes) is 8. The number of methoxy groups -OCH3 is 2. The topological polar surface area (TPSA) is 243 Å². The van der Waals surface area contributed by atoms with E-state index in [1.54, 1.807) is 0 Å². The highest BCUT2D eigenvalue weighted by atomic mass is 16.6. The molecular formula is C57H97N7O12. The molecule has 0 fully saturated rings. The maximum atomic E-state index is 12.8. The lowest BCUT2D eigenvalue weighted by atomic mass is 9.87. The lowest BCUT2D eigenvalue weighted by Gasteiger charge is -2.31. The molecule has 0 aliphatic heterocycles. The average Bonchev–Trinajstić information content (AvgIpc) is 3.34. The molecule has 0 aromatic heterocycles. The molecule has 19 heteroatoms. The number of hydrogen-bond donors (Lipinski definition) is 7. The number of carbonyl (C=O) groups excluding carboxylic acids is 4. The van der Waals surface area contributed by atoms with Gasteiger partial charge in [-0.15, -0.1) is 0 Å². The van der Waals surface area contributed by atoms with Crippen molar-refractivity contribution in [3.63, 3.8) is 0 Å². The van der Waals surface area contributed by atoms with Crippen LogP contribution in [0.15, 0.2) is 48.5 Å². The van der Waals surface area contributed by atoms with Crippen LogP contribution >= 0.6 is 0 Å². The van der Waals surface area contributed by atoms with Gasteiger partial charge < -0.3 is 75.1 Å². The Morgan fingerprint density at radius 2 is 0.776 bits per heavy atom. The van der Waals surface area contributed by atoms with Crippen molar-refractivity contribution in [2.75, 3.05) is 94.1 Å². The second-order valence-electron chi connectivity index (χ2n) is 22.1. The van der Waals surface area contributed by atoms with Crippen LogP contribution in [0.4, 0.5) is 19.2 Å². The summed E-state index contributed by atoms with van der Waals surface area (Å²) >= 11 is 0. The van der Waals surface area contributed by atoms with Crippen LogP contribution in [0.5, 0.6) is 0 Å². The second-order valence-corrected chi connectivity index (χ2v) is 22.1. The summed E-state index contributed by atoms with van der Waals surface area (Å²) in [6, 6.07) is 15.2. The second kappa shape index (κ2) is 34.7. The van der Waals surface area contributed by atoms with E-state index in [0.29, 0.717) is 26.3 Å². The van der Waals surface area contributed by atoms with Gasteiger partial charge in [0.25, 0.3) is 0 Å². The molecule has 0 aliphatic rings. The van der Waals surface area contributed by atoms with Gasteiger partial charge in [-0.2, -0.15) is 0 Å². The van der Waals surface area contributed by atoms with E-state index in [1.807, 2.05) is 128 Å². The summed E-state index contributed by atoms with van der Waals surface area (Å²) in [6.07, 6.45) is 8.17. The number of likely N-dealkylation sites (N-methyl/N-ethyl adjacent to an activating group) is 2. The van der Waals surface area contributed by atoms with Crippen LogP contribution in [0.3, 0.4) is 0 Å². The molecule has 0 spiro atoms. The van der Waals surface area contributed by atoms with E-state index < -0.39 is 58.7 Å². The molecule has 0 heterocycles. The predicted molar refractivity (Wildman–Crippen MR) is 297 cm³/mol. The largest absolute Gasteiger partial charge is 0.447 e. The standard InChI is InChI=1S/C57H97N7O12/c1-54(2,59-50(67)73-35-33-71-11)43-25-23-27-45(37-43)56(5,6)61-52(69)75-41-48(65)39-63(9)31-21-17-13-15-19-29-47(58)30-20-16-14-18-22-32-64(10)40-49(66)42-76-53(70)62-57(7,8)46-28-24-26-44(38-46)55(3,4)60-51(68)74-36-34-72-12/h23-28,37-38,48-49,58,65-66H,13-22,29-36,39-42H2,1-12H3,(H,59,67)(H,60,68)(H,61,69)(H,62,70). The predicted octanol–water partition coefficient (Wildman–Crippen LogP) is 8.81. The van der Waals surface area contributed by atoms with Gasteiger partial charge in [-0.05, 0) is 143 Å². The van der Waals surface area contributed by atoms with Gasteiger partial charge in [0.2, 0.25) is 0 Å². The van der Waals surface area contributed by atoms with E-state index in [-0.39, 0.29) is 26.4 Å². The minimum atomic E-state index is -0.833. The lowest BCUT2D eigenvalue weighted by Crippen LogP contribution is -2.44. The van der Waals surface area contributed by atoms with E-state index in [0.717, 1.165) is 118 Å². The van der Waals surface area contributed by atoms with Crippen LogP contribution in [0.2, 0.25) is 0 Å². The molecule has 2 aromatic carbocycles. The number of rotatable bonds is 38. The van der Waals surface area contributed by atoms with Crippen LogP contribution < -0.4 is 21.3 Å². The highest BCUT2D eigenvalue weighted by molar-refractivity contribution is 5.81. The number of amides is 4. The van der Waals surface area contributed by atoms with Crippen molar-refractivity contribution in [1.29, 1.82) is 5.41 Å². The van der Waals surface area contributed by atoms with Gasteiger partial charge in [0.1, 0.15) is 38.6 Å². The molecule has 2 rings (SSSR count). The molecule has 4 amide bonds. The normalized spacial score (nSPS) is 12.9. The Hall–Kier alpha value is -5.05. The van der Waals surface area contributed by atoms with Gasteiger partial charge in [-0.1, -0.05) is 87.1 Å². The van der Waals surface area contributed by atoms with Crippen molar-refractivity contribution in [2.24, 2.45) is 0 Å². The first-order chi connectivity index (χ1) is 35.8. The van der Waals surface area contributed by atoms with Gasteiger partial charge in [0, 0.05) is 33.0 Å². The zero-order chi connectivity index (χ0) is 56.8. The third-order valence-corrected chi connectivity index (χ3v) is 13.2. The number of benzene rings is 2. The number of hydrogen-bond acceptors (Lipinski definition) is 15. The number of nitrogens with one attached hydrogen (secondary N) is 5. The monoisotopic (exact) mass is 1070 g/mol. The summed E-state index contributed by atoms with van der Waals surface area (Å²) in [4.78, 5) is 54.3. The summed E-state index contributed by atoms with van der Waals surface area (Å²) in [5, 5.41) is 41.2. The Labute approximate surface area is 454 Å². The zero-order valence-electron chi connectivity index (χ0n) is 48.2. The molecule has 2 aromatic rings. The number of carbonyl (C=O) groups is 4. The highest BCUT2D eigenvalue weighted by Crippen LogP contribution is 2.29. The minimum Gasteiger partial charge on any atom is -0.447 e. The summed E-state index contributed by atoms with van der Waals surface area (Å²) in [5.41, 5.74) is 1.01. The molecule has 2 atom stereocenters. The summed E-state index contributed by atoms with van der Waals surface area (Å²) in [5.74, 6) is 0. The minimum absolute atomic E-state index is 0.134. The molecule has 0 saturated carbocycles. The number of ether oxygens (including phenoxy) is 6. The van der Waals surface area contributed by atoms with Crippen LogP contribution in [-0.4, -0.2) is 156 Å². The first kappa shape index (κ1) is 67.1. The average molecular weight is 1070 g/mol. The van der Waals surface area contributed by atoms with Crippen LogP contribution in [-0.2, 0) is 50.6 Å². The van der Waals surface area contributed by atoms with E-state index in [9.17, 15) is 29.4 Å². The van der Waals surface area contributed by atoms with Gasteiger partial charge in [-0.25, -0.2) is 19.2 Å². The van der Waals surface area contributed by atoms with Crippen molar-refractivity contribution >= 4 is 30.1 Å². The Morgan fingerprint density at radius 1 is 0.487 bits per heavy atom. The fraction of sp³-hybridized carbons (Fsp3) is 0.702. The molecule has 76 heavy (non-hydrogen) atoms. The van der Waals surface area contributed by atoms with Crippen molar-refractivity contribution in [1.82, 2.24) is 31.1 Å². The first-order valence-corrected chi connectivity index (χ1v) is 27.1. The molecule has 0 radical (unpaired) electrons. The van der Waals surface area contributed by atoms with Crippen molar-refractivity contribution in [2.45, 2.75) is 167 Å². The molecule has 2 unspecified atom stereocenters. The van der Waals surface area contributed by atoms with E-state index in [4.69, 9.17) is 33.8 Å². The summed E-state index contributed by atoms with van der Waals surface area (Å²) in [6.45, 7) is 17.9. The van der Waals surface area contributed by atoms with Crippen molar-refractivity contribution < 1.29 is 57.8 Å². The van der Waals surface area contributed by atoms with Gasteiger partial charge in [-0.3, -0.25) is 0 Å². The molecular weight excluding hydrogens is 975 g/mol. The third-order valence-electron chi connectivity index (χ3n) is 13.2. The number of alkyl carbamates (subject to hydrolysis) is 4. The molecule has 19 nitrogen and oxygen atoms in total. The van der Waals surface area contributed by atoms with Gasteiger partial charge in [0.05, 0.1) is 35.4 Å². The number of aliphatic hydroxyl groups is 2. The Kier molecular flexibility index (Phi) is 30.6. The fourth-order valence-electron chi connectivity index (χ4n) is 8.46. The number of aliphatic hydroxyl groups excluding tert-OH is 2. The van der Waals surface area contributed by atoms with E-state index in [1.165, 1.54) is 14.2 Å². The summed E-state index contributed by atoms with van der Waals surface area (Å²) < 4.78 is 31.0. The zero-order valence-corrected chi connectivity index (χ0v) is 48.2. The smallest absolute Gasteiger partial charge is 0.407 e. The molecule has 432 valence electrons. The first-order valence-electron chi connectivity index (χ1n) is 27.1. The number of nitrogens with zero attached hydrogens (tertiary/aromatic N) is 2. The molecule has 0 aliphatic carbocycles. The van der Waals surface area contributed by atoms with Gasteiger partial charge in [0.15, 0.2) is 0 Å². The SMILES string of the molecule is COCCOC(=O)NC(C)(C)c1cccc(C(C)(C)NC(=O)OCC(O)CN(C)CCCCCCCC(=N)CCCCCCCN(C)CC(O)COC(=O)NC(C)(C)c2cccc(C(C)(C)NC(=O)OCCOC)c2)c1. The maximum Gasteiger partial charge on any atom is 0.407 e. The van der Waals surface area contributed by atoms with E-state index in [2.05, 4.69) is 21.3 Å².